The zero-order chi connectivity index (χ0) is 8.97. The minimum atomic E-state index is -0.356. The Hall–Kier alpha value is -1.32. The van der Waals surface area contributed by atoms with E-state index in [1.807, 2.05) is 12.1 Å². The molecule has 0 aromatic heterocycles. The number of hydrogen-bond donors (Lipinski definition) is 1. The van der Waals surface area contributed by atoms with E-state index in [4.69, 9.17) is 10.5 Å². The Bertz CT molecular complexity index is 264. The summed E-state index contributed by atoms with van der Waals surface area (Å²) in [5, 5.41) is 26.4. The van der Waals surface area contributed by atoms with Crippen LogP contribution in [0.1, 0.15) is 25.7 Å². The summed E-state index contributed by atoms with van der Waals surface area (Å²) in [6, 6.07) is 3.70. The number of rotatable bonds is 0. The number of allylic oxidation sites excluding steroid dienone is 1. The summed E-state index contributed by atoms with van der Waals surface area (Å²) in [5.41, 5.74) is 1.01. The summed E-state index contributed by atoms with van der Waals surface area (Å²) in [4.78, 5) is 0. The Kier molecular flexibility index (Phi) is 2.85. The highest BCUT2D eigenvalue weighted by atomic mass is 16.3. The van der Waals surface area contributed by atoms with E-state index in [9.17, 15) is 5.11 Å². The summed E-state index contributed by atoms with van der Waals surface area (Å²) in [7, 11) is 0. The van der Waals surface area contributed by atoms with Crippen molar-refractivity contribution in [3.63, 3.8) is 0 Å². The van der Waals surface area contributed by atoms with Crippen molar-refractivity contribution in [3.8, 4) is 12.1 Å². The van der Waals surface area contributed by atoms with Crippen molar-refractivity contribution < 1.29 is 5.11 Å². The molecule has 1 N–H and O–H groups in total. The predicted octanol–water partition coefficient (Wildman–Crippen LogP) is 1.27. The summed E-state index contributed by atoms with van der Waals surface area (Å²) < 4.78 is 0. The minimum Gasteiger partial charge on any atom is -0.393 e. The molecule has 0 aliphatic heterocycles. The molecule has 3 heteroatoms. The number of aliphatic hydroxyl groups is 1. The van der Waals surface area contributed by atoms with Gasteiger partial charge >= 0.3 is 0 Å². The Labute approximate surface area is 71.5 Å². The van der Waals surface area contributed by atoms with Gasteiger partial charge in [-0.15, -0.1) is 0 Å². The SMILES string of the molecule is N#CC(C#N)=C1CCCC(O)C1. The predicted molar refractivity (Wildman–Crippen MR) is 42.7 cm³/mol. The Morgan fingerprint density at radius 3 is 2.58 bits per heavy atom. The quantitative estimate of drug-likeness (QED) is 0.545. The molecular formula is C9H10N2O. The average molecular weight is 162 g/mol. The fourth-order valence-electron chi connectivity index (χ4n) is 1.45. The van der Waals surface area contributed by atoms with E-state index in [2.05, 4.69) is 0 Å². The van der Waals surface area contributed by atoms with Crippen LogP contribution in [0.3, 0.4) is 0 Å². The molecule has 1 aliphatic rings. The minimum absolute atomic E-state index is 0.189. The molecule has 1 atom stereocenters. The van der Waals surface area contributed by atoms with Gasteiger partial charge in [-0.3, -0.25) is 0 Å². The highest BCUT2D eigenvalue weighted by molar-refractivity contribution is 5.40. The fourth-order valence-corrected chi connectivity index (χ4v) is 1.45. The van der Waals surface area contributed by atoms with Crippen LogP contribution < -0.4 is 0 Å². The molecule has 0 saturated heterocycles. The Morgan fingerprint density at radius 1 is 1.42 bits per heavy atom. The monoisotopic (exact) mass is 162 g/mol. The lowest BCUT2D eigenvalue weighted by Gasteiger charge is -2.19. The molecule has 0 radical (unpaired) electrons. The van der Waals surface area contributed by atoms with Gasteiger partial charge in [0.25, 0.3) is 0 Å². The maximum Gasteiger partial charge on any atom is 0.128 e. The van der Waals surface area contributed by atoms with Gasteiger partial charge in [0.1, 0.15) is 17.7 Å². The molecule has 0 spiro atoms. The van der Waals surface area contributed by atoms with Crippen LogP contribution in [0, 0.1) is 22.7 Å². The lowest BCUT2D eigenvalue weighted by atomic mass is 9.90. The molecule has 0 bridgehead atoms. The summed E-state index contributed by atoms with van der Waals surface area (Å²) in [6.07, 6.45) is 2.59. The van der Waals surface area contributed by atoms with Crippen LogP contribution in [0.5, 0.6) is 0 Å². The van der Waals surface area contributed by atoms with Crippen LogP contribution in [0.2, 0.25) is 0 Å². The van der Waals surface area contributed by atoms with Gasteiger partial charge in [-0.2, -0.15) is 10.5 Å². The molecule has 1 saturated carbocycles. The molecule has 3 nitrogen and oxygen atoms in total. The third-order valence-corrected chi connectivity index (χ3v) is 2.08. The maximum atomic E-state index is 9.27. The zero-order valence-corrected chi connectivity index (χ0v) is 6.75. The van der Waals surface area contributed by atoms with Crippen LogP contribution in [0.4, 0.5) is 0 Å². The molecule has 0 amide bonds. The molecule has 0 heterocycles. The normalized spacial score (nSPS) is 22.6. The van der Waals surface area contributed by atoms with Gasteiger partial charge in [0.2, 0.25) is 0 Å². The topological polar surface area (TPSA) is 67.8 Å². The lowest BCUT2D eigenvalue weighted by molar-refractivity contribution is 0.149. The molecular weight excluding hydrogens is 152 g/mol. The summed E-state index contributed by atoms with van der Waals surface area (Å²) in [6.45, 7) is 0. The highest BCUT2D eigenvalue weighted by Gasteiger charge is 2.17. The van der Waals surface area contributed by atoms with Crippen LogP contribution in [0.15, 0.2) is 11.1 Å². The summed E-state index contributed by atoms with van der Waals surface area (Å²) in [5.74, 6) is 0. The molecule has 0 aromatic rings. The van der Waals surface area contributed by atoms with Gasteiger partial charge < -0.3 is 5.11 Å². The van der Waals surface area contributed by atoms with Crippen molar-refractivity contribution in [3.05, 3.63) is 11.1 Å². The first-order chi connectivity index (χ1) is 5.77. The number of hydrogen-bond acceptors (Lipinski definition) is 3. The molecule has 62 valence electrons. The molecule has 12 heavy (non-hydrogen) atoms. The van der Waals surface area contributed by atoms with Gasteiger partial charge in [0.15, 0.2) is 0 Å². The first kappa shape index (κ1) is 8.77. The molecule has 1 aliphatic carbocycles. The van der Waals surface area contributed by atoms with Crippen molar-refractivity contribution in [2.45, 2.75) is 31.8 Å². The van der Waals surface area contributed by atoms with E-state index in [0.717, 1.165) is 24.8 Å². The number of nitriles is 2. The van der Waals surface area contributed by atoms with E-state index < -0.39 is 0 Å². The molecule has 0 aromatic carbocycles. The maximum absolute atomic E-state index is 9.27. The van der Waals surface area contributed by atoms with Crippen LogP contribution in [-0.2, 0) is 0 Å². The fraction of sp³-hybridized carbons (Fsp3) is 0.556. The second kappa shape index (κ2) is 3.90. The first-order valence-corrected chi connectivity index (χ1v) is 3.98. The van der Waals surface area contributed by atoms with E-state index in [-0.39, 0.29) is 11.7 Å². The second-order valence-electron chi connectivity index (χ2n) is 2.95. The van der Waals surface area contributed by atoms with Gasteiger partial charge in [0.05, 0.1) is 6.10 Å². The van der Waals surface area contributed by atoms with Gasteiger partial charge in [-0.1, -0.05) is 0 Å². The van der Waals surface area contributed by atoms with Gasteiger partial charge in [-0.05, 0) is 31.3 Å². The average Bonchev–Trinajstić information content (AvgIpc) is 2.07. The Balaban J connectivity index is 2.81. The summed E-state index contributed by atoms with van der Waals surface area (Å²) >= 11 is 0. The van der Waals surface area contributed by atoms with Crippen molar-refractivity contribution >= 4 is 0 Å². The third-order valence-electron chi connectivity index (χ3n) is 2.08. The highest BCUT2D eigenvalue weighted by Crippen LogP contribution is 2.25. The smallest absolute Gasteiger partial charge is 0.128 e. The van der Waals surface area contributed by atoms with Crippen molar-refractivity contribution in [2.75, 3.05) is 0 Å². The molecule has 1 unspecified atom stereocenters. The standard InChI is InChI=1S/C9H10N2O/c10-5-8(6-11)7-2-1-3-9(12)4-7/h9,12H,1-4H2. The van der Waals surface area contributed by atoms with E-state index in [0.29, 0.717) is 6.42 Å². The van der Waals surface area contributed by atoms with E-state index in [1.54, 1.807) is 0 Å². The van der Waals surface area contributed by atoms with Gasteiger partial charge in [-0.25, -0.2) is 0 Å². The Morgan fingerprint density at radius 2 is 2.08 bits per heavy atom. The van der Waals surface area contributed by atoms with Crippen LogP contribution >= 0.6 is 0 Å². The largest absolute Gasteiger partial charge is 0.393 e. The van der Waals surface area contributed by atoms with Crippen molar-refractivity contribution in [2.24, 2.45) is 0 Å². The zero-order valence-electron chi connectivity index (χ0n) is 6.75. The second-order valence-corrected chi connectivity index (χ2v) is 2.95. The first-order valence-electron chi connectivity index (χ1n) is 3.98. The molecule has 1 rings (SSSR count). The van der Waals surface area contributed by atoms with Crippen LogP contribution in [0.25, 0.3) is 0 Å². The van der Waals surface area contributed by atoms with Crippen LogP contribution in [-0.4, -0.2) is 11.2 Å². The number of nitrogens with zero attached hydrogens (tertiary/aromatic N) is 2. The van der Waals surface area contributed by atoms with E-state index in [1.165, 1.54) is 0 Å². The lowest BCUT2D eigenvalue weighted by Crippen LogP contribution is -2.13. The van der Waals surface area contributed by atoms with Crippen molar-refractivity contribution in [1.29, 1.82) is 10.5 Å². The van der Waals surface area contributed by atoms with Crippen molar-refractivity contribution in [1.82, 2.24) is 0 Å². The number of aliphatic hydroxyl groups excluding tert-OH is 1. The van der Waals surface area contributed by atoms with Gasteiger partial charge in [0, 0.05) is 0 Å². The van der Waals surface area contributed by atoms with E-state index >= 15 is 0 Å². The molecule has 1 fully saturated rings. The third kappa shape index (κ3) is 1.84.